The summed E-state index contributed by atoms with van der Waals surface area (Å²) >= 11 is 0. The van der Waals surface area contributed by atoms with Crippen LogP contribution in [0.5, 0.6) is 5.75 Å². The summed E-state index contributed by atoms with van der Waals surface area (Å²) in [6, 6.07) is 15.1. The van der Waals surface area contributed by atoms with Crippen LogP contribution in [0.4, 0.5) is 0 Å². The van der Waals surface area contributed by atoms with E-state index in [4.69, 9.17) is 4.74 Å². The molecule has 26 heavy (non-hydrogen) atoms. The Kier molecular flexibility index (Phi) is 4.07. The molecule has 0 saturated heterocycles. The number of nitrogens with one attached hydrogen (secondary N) is 1. The first-order chi connectivity index (χ1) is 12.8. The molecule has 0 spiro atoms. The number of H-pyrrole nitrogens is 1. The fraction of sp³-hybridized carbons (Fsp3) is 0.0500. The highest BCUT2D eigenvalue weighted by atomic mass is 16.5. The van der Waals surface area contributed by atoms with Gasteiger partial charge >= 0.3 is 0 Å². The molecule has 2 aromatic carbocycles. The lowest BCUT2D eigenvalue weighted by molar-refractivity contribution is 0.363. The van der Waals surface area contributed by atoms with Crippen LogP contribution in [0.25, 0.3) is 21.9 Å². The maximum Gasteiger partial charge on any atom is 0.298 e. The molecule has 0 atom stereocenters. The van der Waals surface area contributed by atoms with Gasteiger partial charge in [-0.15, -0.1) is 0 Å². The van der Waals surface area contributed by atoms with Gasteiger partial charge in [0.05, 0.1) is 6.21 Å². The Morgan fingerprint density at radius 3 is 2.81 bits per heavy atom. The van der Waals surface area contributed by atoms with Gasteiger partial charge in [-0.25, -0.2) is 4.98 Å². The second-order valence-electron chi connectivity index (χ2n) is 5.70. The standard InChI is InChI=1S/C20H16N4O2/c1-2-11-26-15-9-7-14(8-10-15)12-22-24-13-21-18-16-5-3-4-6-17(16)23-19(18)20(24)25/h2-10,12-13,23H,1,11H2/b22-12+. The van der Waals surface area contributed by atoms with Gasteiger partial charge in [0.25, 0.3) is 5.56 Å². The van der Waals surface area contributed by atoms with Gasteiger partial charge < -0.3 is 9.72 Å². The summed E-state index contributed by atoms with van der Waals surface area (Å²) in [5, 5.41) is 5.15. The average molecular weight is 344 g/mol. The lowest BCUT2D eigenvalue weighted by Crippen LogP contribution is -2.17. The van der Waals surface area contributed by atoms with E-state index >= 15 is 0 Å². The molecule has 0 amide bonds. The Labute approximate surface area is 149 Å². The van der Waals surface area contributed by atoms with Gasteiger partial charge in [0.2, 0.25) is 0 Å². The van der Waals surface area contributed by atoms with Crippen molar-refractivity contribution in [3.63, 3.8) is 0 Å². The lowest BCUT2D eigenvalue weighted by Gasteiger charge is -2.02. The summed E-state index contributed by atoms with van der Waals surface area (Å²) in [6.07, 6.45) is 4.73. The Balaban J connectivity index is 1.65. The lowest BCUT2D eigenvalue weighted by atomic mass is 10.2. The molecule has 2 heterocycles. The third-order valence-electron chi connectivity index (χ3n) is 3.98. The summed E-state index contributed by atoms with van der Waals surface area (Å²) in [6.45, 7) is 4.07. The third-order valence-corrected chi connectivity index (χ3v) is 3.98. The van der Waals surface area contributed by atoms with Crippen LogP contribution < -0.4 is 10.3 Å². The van der Waals surface area contributed by atoms with E-state index in [1.165, 1.54) is 11.0 Å². The first-order valence-corrected chi connectivity index (χ1v) is 8.12. The van der Waals surface area contributed by atoms with E-state index in [0.717, 1.165) is 22.2 Å². The van der Waals surface area contributed by atoms with Crippen molar-refractivity contribution in [1.29, 1.82) is 0 Å². The second kappa shape index (κ2) is 6.68. The molecule has 4 rings (SSSR count). The van der Waals surface area contributed by atoms with Gasteiger partial charge in [0.1, 0.15) is 29.7 Å². The highest BCUT2D eigenvalue weighted by molar-refractivity contribution is 6.04. The fourth-order valence-corrected chi connectivity index (χ4v) is 2.71. The highest BCUT2D eigenvalue weighted by Crippen LogP contribution is 2.20. The maximum absolute atomic E-state index is 12.6. The summed E-state index contributed by atoms with van der Waals surface area (Å²) in [7, 11) is 0. The van der Waals surface area contributed by atoms with Crippen LogP contribution in [0, 0.1) is 0 Å². The van der Waals surface area contributed by atoms with Crippen LogP contribution in [-0.4, -0.2) is 27.5 Å². The Bertz CT molecular complexity index is 1170. The molecule has 0 aliphatic rings. The molecule has 0 saturated carbocycles. The average Bonchev–Trinajstić information content (AvgIpc) is 3.06. The zero-order valence-electron chi connectivity index (χ0n) is 13.9. The van der Waals surface area contributed by atoms with Crippen LogP contribution in [0.15, 0.2) is 77.4 Å². The van der Waals surface area contributed by atoms with Crippen LogP contribution in [0.2, 0.25) is 0 Å². The minimum absolute atomic E-state index is 0.242. The van der Waals surface area contributed by atoms with Crippen molar-refractivity contribution < 1.29 is 4.74 Å². The van der Waals surface area contributed by atoms with Gasteiger partial charge in [0.15, 0.2) is 0 Å². The Morgan fingerprint density at radius 1 is 1.19 bits per heavy atom. The van der Waals surface area contributed by atoms with Crippen molar-refractivity contribution in [2.45, 2.75) is 0 Å². The van der Waals surface area contributed by atoms with Gasteiger partial charge in [-0.1, -0.05) is 30.9 Å². The summed E-state index contributed by atoms with van der Waals surface area (Å²) < 4.78 is 6.66. The number of hydrogen-bond donors (Lipinski definition) is 1. The first kappa shape index (κ1) is 15.8. The van der Waals surface area contributed by atoms with E-state index in [-0.39, 0.29) is 5.56 Å². The second-order valence-corrected chi connectivity index (χ2v) is 5.70. The van der Waals surface area contributed by atoms with E-state index in [1.54, 1.807) is 12.3 Å². The number of rotatable bonds is 5. The van der Waals surface area contributed by atoms with Crippen LogP contribution >= 0.6 is 0 Å². The fourth-order valence-electron chi connectivity index (χ4n) is 2.71. The summed E-state index contributed by atoms with van der Waals surface area (Å²) in [5.41, 5.74) is 2.58. The number of para-hydroxylation sites is 1. The van der Waals surface area contributed by atoms with Crippen molar-refractivity contribution in [3.05, 3.63) is 83.4 Å². The van der Waals surface area contributed by atoms with E-state index in [9.17, 15) is 4.79 Å². The van der Waals surface area contributed by atoms with Crippen molar-refractivity contribution in [2.24, 2.45) is 5.10 Å². The van der Waals surface area contributed by atoms with E-state index < -0.39 is 0 Å². The number of hydrogen-bond acceptors (Lipinski definition) is 4. The molecule has 0 unspecified atom stereocenters. The quantitative estimate of drug-likeness (QED) is 0.446. The summed E-state index contributed by atoms with van der Waals surface area (Å²) in [4.78, 5) is 20.1. The molecule has 0 fully saturated rings. The van der Waals surface area contributed by atoms with Gasteiger partial charge in [-0.05, 0) is 35.9 Å². The van der Waals surface area contributed by atoms with Gasteiger partial charge in [-0.3, -0.25) is 4.79 Å². The minimum Gasteiger partial charge on any atom is -0.490 e. The number of aromatic nitrogens is 3. The largest absolute Gasteiger partial charge is 0.490 e. The highest BCUT2D eigenvalue weighted by Gasteiger charge is 2.09. The maximum atomic E-state index is 12.6. The predicted octanol–water partition coefficient (Wildman–Crippen LogP) is 3.32. The topological polar surface area (TPSA) is 72.3 Å². The Morgan fingerprint density at radius 2 is 2.00 bits per heavy atom. The molecule has 0 radical (unpaired) electrons. The molecule has 0 aliphatic carbocycles. The van der Waals surface area contributed by atoms with Crippen molar-refractivity contribution in [1.82, 2.24) is 14.6 Å². The molecule has 6 nitrogen and oxygen atoms in total. The number of nitrogens with zero attached hydrogens (tertiary/aromatic N) is 3. The molecule has 0 aliphatic heterocycles. The van der Waals surface area contributed by atoms with Crippen LogP contribution in [0.1, 0.15) is 5.56 Å². The zero-order chi connectivity index (χ0) is 17.9. The van der Waals surface area contributed by atoms with Gasteiger partial charge in [0, 0.05) is 10.9 Å². The molecule has 0 bridgehead atoms. The Hall–Kier alpha value is -3.67. The molecule has 6 heteroatoms. The third kappa shape index (κ3) is 2.88. The number of aromatic amines is 1. The first-order valence-electron chi connectivity index (χ1n) is 8.12. The van der Waals surface area contributed by atoms with Crippen molar-refractivity contribution >= 4 is 28.2 Å². The van der Waals surface area contributed by atoms with Gasteiger partial charge in [-0.2, -0.15) is 9.78 Å². The van der Waals surface area contributed by atoms with Crippen molar-refractivity contribution in [3.8, 4) is 5.75 Å². The SMILES string of the molecule is C=CCOc1ccc(/C=N/n2cnc3c([nH]c4ccccc43)c2=O)cc1. The van der Waals surface area contributed by atoms with E-state index in [2.05, 4.69) is 21.6 Å². The number of ether oxygens (including phenoxy) is 1. The van der Waals surface area contributed by atoms with Crippen LogP contribution in [0.3, 0.4) is 0 Å². The number of fused-ring (bicyclic) bond motifs is 3. The normalized spacial score (nSPS) is 11.4. The summed E-state index contributed by atoms with van der Waals surface area (Å²) in [5.74, 6) is 0.750. The van der Waals surface area contributed by atoms with Crippen LogP contribution in [-0.2, 0) is 0 Å². The predicted molar refractivity (Wildman–Crippen MR) is 103 cm³/mol. The molecule has 128 valence electrons. The van der Waals surface area contributed by atoms with E-state index in [0.29, 0.717) is 17.6 Å². The molecular weight excluding hydrogens is 328 g/mol. The number of benzene rings is 2. The zero-order valence-corrected chi connectivity index (χ0v) is 13.9. The van der Waals surface area contributed by atoms with Crippen molar-refractivity contribution in [2.75, 3.05) is 6.61 Å². The molecule has 2 aromatic heterocycles. The van der Waals surface area contributed by atoms with E-state index in [1.807, 2.05) is 48.5 Å². The monoisotopic (exact) mass is 344 g/mol. The smallest absolute Gasteiger partial charge is 0.298 e. The molecule has 1 N–H and O–H groups in total. The molecule has 4 aromatic rings. The molecular formula is C20H16N4O2. The minimum atomic E-state index is -0.242.